The molecule has 74 valence electrons. The summed E-state index contributed by atoms with van der Waals surface area (Å²) in [5, 5.41) is 2.66. The summed E-state index contributed by atoms with van der Waals surface area (Å²) < 4.78 is 0. The van der Waals surface area contributed by atoms with Crippen LogP contribution in [0, 0.1) is 5.92 Å². The van der Waals surface area contributed by atoms with Crippen LogP contribution in [0.3, 0.4) is 0 Å². The van der Waals surface area contributed by atoms with Crippen LogP contribution in [0.2, 0.25) is 0 Å². The fourth-order valence-corrected chi connectivity index (χ4v) is 1.03. The zero-order valence-electron chi connectivity index (χ0n) is 8.89. The van der Waals surface area contributed by atoms with Gasteiger partial charge in [-0.1, -0.05) is 40.5 Å². The Morgan fingerprint density at radius 2 is 1.92 bits per heavy atom. The maximum absolute atomic E-state index is 9.83. The first kappa shape index (κ1) is 14.0. The van der Waals surface area contributed by atoms with Crippen LogP contribution in [0.5, 0.6) is 0 Å². The molecular weight excluding hydrogens is 150 g/mol. The van der Waals surface area contributed by atoms with Gasteiger partial charge in [0, 0.05) is 6.54 Å². The van der Waals surface area contributed by atoms with Gasteiger partial charge in [0.2, 0.25) is 6.41 Å². The highest BCUT2D eigenvalue weighted by molar-refractivity contribution is 5.45. The van der Waals surface area contributed by atoms with Gasteiger partial charge in [-0.15, -0.1) is 0 Å². The number of carbonyl (C=O) groups excluding carboxylic acids is 1. The molecule has 2 nitrogen and oxygen atoms in total. The van der Waals surface area contributed by atoms with E-state index in [1.807, 2.05) is 13.8 Å². The SMILES string of the molecule is CC.CCCC(C)CCNC=O. The van der Waals surface area contributed by atoms with Crippen molar-refractivity contribution in [1.82, 2.24) is 5.32 Å². The monoisotopic (exact) mass is 173 g/mol. The van der Waals surface area contributed by atoms with E-state index in [-0.39, 0.29) is 0 Å². The molecule has 0 aliphatic rings. The molecule has 0 radical (unpaired) electrons. The minimum Gasteiger partial charge on any atom is -0.359 e. The first-order valence-electron chi connectivity index (χ1n) is 4.98. The zero-order valence-corrected chi connectivity index (χ0v) is 8.89. The molecule has 2 heteroatoms. The summed E-state index contributed by atoms with van der Waals surface area (Å²) in [6.45, 7) is 9.23. The van der Waals surface area contributed by atoms with Crippen LogP contribution in [0.1, 0.15) is 47.0 Å². The molecule has 0 aromatic carbocycles. The summed E-state index contributed by atoms with van der Waals surface area (Å²) in [5.74, 6) is 0.748. The summed E-state index contributed by atoms with van der Waals surface area (Å²) in [5.41, 5.74) is 0. The van der Waals surface area contributed by atoms with E-state index in [0.29, 0.717) is 0 Å². The van der Waals surface area contributed by atoms with Crippen LogP contribution in [-0.4, -0.2) is 13.0 Å². The van der Waals surface area contributed by atoms with E-state index in [4.69, 9.17) is 0 Å². The highest BCUT2D eigenvalue weighted by atomic mass is 16.1. The third-order valence-corrected chi connectivity index (χ3v) is 1.65. The number of hydrogen-bond acceptors (Lipinski definition) is 1. The van der Waals surface area contributed by atoms with E-state index in [9.17, 15) is 4.79 Å². The minimum absolute atomic E-state index is 0.748. The smallest absolute Gasteiger partial charge is 0.207 e. The normalized spacial score (nSPS) is 11.0. The summed E-state index contributed by atoms with van der Waals surface area (Å²) in [7, 11) is 0. The third-order valence-electron chi connectivity index (χ3n) is 1.65. The van der Waals surface area contributed by atoms with Crippen molar-refractivity contribution in [2.75, 3.05) is 6.54 Å². The fraction of sp³-hybridized carbons (Fsp3) is 0.900. The van der Waals surface area contributed by atoms with Crippen LogP contribution >= 0.6 is 0 Å². The van der Waals surface area contributed by atoms with Crippen molar-refractivity contribution in [2.45, 2.75) is 47.0 Å². The van der Waals surface area contributed by atoms with Gasteiger partial charge in [0.15, 0.2) is 0 Å². The second kappa shape index (κ2) is 13.1. The third kappa shape index (κ3) is 12.2. The predicted molar refractivity (Wildman–Crippen MR) is 54.1 cm³/mol. The number of nitrogens with one attached hydrogen (secondary N) is 1. The molecule has 12 heavy (non-hydrogen) atoms. The topological polar surface area (TPSA) is 29.1 Å². The number of rotatable bonds is 6. The fourth-order valence-electron chi connectivity index (χ4n) is 1.03. The number of carbonyl (C=O) groups is 1. The van der Waals surface area contributed by atoms with E-state index in [0.717, 1.165) is 25.3 Å². The molecule has 0 aromatic rings. The van der Waals surface area contributed by atoms with Gasteiger partial charge in [0.1, 0.15) is 0 Å². The summed E-state index contributed by atoms with van der Waals surface area (Å²) in [6.07, 6.45) is 4.37. The molecule has 0 aromatic heterocycles. The van der Waals surface area contributed by atoms with Gasteiger partial charge in [-0.2, -0.15) is 0 Å². The second-order valence-corrected chi connectivity index (χ2v) is 2.75. The first-order chi connectivity index (χ1) is 5.81. The van der Waals surface area contributed by atoms with Gasteiger partial charge in [0.05, 0.1) is 0 Å². The quantitative estimate of drug-likeness (QED) is 0.485. The summed E-state index contributed by atoms with van der Waals surface area (Å²) in [6, 6.07) is 0. The molecule has 0 aliphatic heterocycles. The van der Waals surface area contributed by atoms with Crippen molar-refractivity contribution in [3.63, 3.8) is 0 Å². The second-order valence-electron chi connectivity index (χ2n) is 2.75. The van der Waals surface area contributed by atoms with Gasteiger partial charge in [-0.05, 0) is 12.3 Å². The zero-order chi connectivity index (χ0) is 9.82. The molecule has 0 heterocycles. The Morgan fingerprint density at radius 3 is 2.33 bits per heavy atom. The van der Waals surface area contributed by atoms with E-state index >= 15 is 0 Å². The van der Waals surface area contributed by atoms with Crippen molar-refractivity contribution in [3.8, 4) is 0 Å². The Morgan fingerprint density at radius 1 is 1.33 bits per heavy atom. The van der Waals surface area contributed by atoms with Crippen molar-refractivity contribution in [2.24, 2.45) is 5.92 Å². The predicted octanol–water partition coefficient (Wildman–Crippen LogP) is 2.58. The molecule has 0 rings (SSSR count). The Hall–Kier alpha value is -0.530. The average Bonchev–Trinajstić information content (AvgIpc) is 2.09. The lowest BCUT2D eigenvalue weighted by molar-refractivity contribution is -0.109. The Labute approximate surface area is 76.7 Å². The van der Waals surface area contributed by atoms with Crippen molar-refractivity contribution in [1.29, 1.82) is 0 Å². The molecule has 1 unspecified atom stereocenters. The van der Waals surface area contributed by atoms with Crippen LogP contribution in [0.25, 0.3) is 0 Å². The van der Waals surface area contributed by atoms with Crippen LogP contribution in [0.15, 0.2) is 0 Å². The lowest BCUT2D eigenvalue weighted by Crippen LogP contribution is -2.14. The van der Waals surface area contributed by atoms with E-state index < -0.39 is 0 Å². The molecule has 0 bridgehead atoms. The molecule has 1 amide bonds. The van der Waals surface area contributed by atoms with Gasteiger partial charge >= 0.3 is 0 Å². The van der Waals surface area contributed by atoms with Crippen LogP contribution < -0.4 is 5.32 Å². The molecule has 0 saturated heterocycles. The Bertz CT molecular complexity index is 83.9. The molecule has 0 fully saturated rings. The van der Waals surface area contributed by atoms with Gasteiger partial charge < -0.3 is 5.32 Å². The molecule has 1 atom stereocenters. The highest BCUT2D eigenvalue weighted by Crippen LogP contribution is 2.07. The maximum atomic E-state index is 9.83. The van der Waals surface area contributed by atoms with Gasteiger partial charge in [-0.3, -0.25) is 4.79 Å². The molecule has 0 aliphatic carbocycles. The molecule has 1 N–H and O–H groups in total. The summed E-state index contributed by atoms with van der Waals surface area (Å²) in [4.78, 5) is 9.83. The minimum atomic E-state index is 0.748. The number of amides is 1. The number of hydrogen-bond donors (Lipinski definition) is 1. The molecular formula is C10H23NO. The van der Waals surface area contributed by atoms with E-state index in [1.165, 1.54) is 12.8 Å². The molecule has 0 spiro atoms. The standard InChI is InChI=1S/C8H17NO.C2H6/c1-3-4-8(2)5-6-9-7-10;1-2/h7-8H,3-6H2,1-2H3,(H,9,10);1-2H3. The van der Waals surface area contributed by atoms with Crippen LogP contribution in [-0.2, 0) is 4.79 Å². The lowest BCUT2D eigenvalue weighted by Gasteiger charge is -2.07. The van der Waals surface area contributed by atoms with Gasteiger partial charge in [0.25, 0.3) is 0 Å². The lowest BCUT2D eigenvalue weighted by atomic mass is 10.0. The van der Waals surface area contributed by atoms with Crippen molar-refractivity contribution < 1.29 is 4.79 Å². The van der Waals surface area contributed by atoms with Crippen LogP contribution in [0.4, 0.5) is 0 Å². The van der Waals surface area contributed by atoms with E-state index in [2.05, 4.69) is 19.2 Å². The maximum Gasteiger partial charge on any atom is 0.207 e. The van der Waals surface area contributed by atoms with Crippen molar-refractivity contribution >= 4 is 6.41 Å². The Kier molecular flexibility index (Phi) is 15.3. The first-order valence-corrected chi connectivity index (χ1v) is 4.98. The largest absolute Gasteiger partial charge is 0.359 e. The molecule has 0 saturated carbocycles. The summed E-state index contributed by atoms with van der Waals surface area (Å²) >= 11 is 0. The van der Waals surface area contributed by atoms with Crippen molar-refractivity contribution in [3.05, 3.63) is 0 Å². The highest BCUT2D eigenvalue weighted by Gasteiger charge is 1.97. The average molecular weight is 173 g/mol. The van der Waals surface area contributed by atoms with Gasteiger partial charge in [-0.25, -0.2) is 0 Å². The van der Waals surface area contributed by atoms with E-state index in [1.54, 1.807) is 0 Å². The Balaban J connectivity index is 0.